The Kier molecular flexibility index (Phi) is 10.6. The van der Waals surface area contributed by atoms with E-state index in [1.165, 1.54) is 0 Å². The zero-order valence-corrected chi connectivity index (χ0v) is 16.6. The van der Waals surface area contributed by atoms with Crippen LogP contribution in [0.4, 0.5) is 4.79 Å². The van der Waals surface area contributed by atoms with E-state index in [9.17, 15) is 14.4 Å². The Morgan fingerprint density at radius 1 is 0.885 bits per heavy atom. The lowest BCUT2D eigenvalue weighted by atomic mass is 10.0. The van der Waals surface area contributed by atoms with Gasteiger partial charge in [-0.15, -0.1) is 0 Å². The first-order chi connectivity index (χ1) is 12.0. The number of carbonyl (C=O) groups excluding carboxylic acids is 3. The van der Waals surface area contributed by atoms with Crippen LogP contribution >= 0.6 is 0 Å². The molecular weight excluding hydrogens is 340 g/mol. The molecule has 7 heteroatoms. The standard InChI is InChI=1S/C19H32O7/c1-7-15(20)23-13-9-12-19(5,6)26-17(22)24-14-10-11-18(3,4)25-16(21)8-2/h7H,1,8-14H2,2-6H3. The zero-order valence-electron chi connectivity index (χ0n) is 16.6. The van der Waals surface area contributed by atoms with Crippen LogP contribution in [0.5, 0.6) is 0 Å². The minimum Gasteiger partial charge on any atom is -0.463 e. The van der Waals surface area contributed by atoms with E-state index in [4.69, 9.17) is 18.9 Å². The average Bonchev–Trinajstić information content (AvgIpc) is 2.54. The largest absolute Gasteiger partial charge is 0.508 e. The summed E-state index contributed by atoms with van der Waals surface area (Å²) in [5, 5.41) is 0. The van der Waals surface area contributed by atoms with Crippen molar-refractivity contribution in [2.24, 2.45) is 0 Å². The van der Waals surface area contributed by atoms with Crippen LogP contribution in [0.3, 0.4) is 0 Å². The highest BCUT2D eigenvalue weighted by Gasteiger charge is 2.25. The maximum Gasteiger partial charge on any atom is 0.508 e. The molecule has 0 amide bonds. The lowest BCUT2D eigenvalue weighted by Crippen LogP contribution is -2.30. The molecule has 150 valence electrons. The van der Waals surface area contributed by atoms with Crippen LogP contribution < -0.4 is 0 Å². The number of ether oxygens (including phenoxy) is 4. The van der Waals surface area contributed by atoms with Gasteiger partial charge >= 0.3 is 18.1 Å². The SMILES string of the molecule is C=CC(=O)OCCCC(C)(C)OC(=O)OCCCC(C)(C)OC(=O)CC. The van der Waals surface area contributed by atoms with E-state index < -0.39 is 23.3 Å². The average molecular weight is 372 g/mol. The summed E-state index contributed by atoms with van der Waals surface area (Å²) in [6, 6.07) is 0. The van der Waals surface area contributed by atoms with E-state index >= 15 is 0 Å². The number of hydrogen-bond donors (Lipinski definition) is 0. The van der Waals surface area contributed by atoms with Crippen molar-refractivity contribution in [3.05, 3.63) is 12.7 Å². The molecule has 0 N–H and O–H groups in total. The van der Waals surface area contributed by atoms with Crippen LogP contribution in [0.25, 0.3) is 0 Å². The molecule has 0 aliphatic rings. The summed E-state index contributed by atoms with van der Waals surface area (Å²) in [6.45, 7) is 12.6. The molecule has 0 radical (unpaired) electrons. The summed E-state index contributed by atoms with van der Waals surface area (Å²) in [5.74, 6) is -0.730. The number of carbonyl (C=O) groups is 3. The highest BCUT2D eigenvalue weighted by molar-refractivity contribution is 5.81. The van der Waals surface area contributed by atoms with Crippen molar-refractivity contribution in [1.82, 2.24) is 0 Å². The zero-order chi connectivity index (χ0) is 20.2. The van der Waals surface area contributed by atoms with E-state index in [1.54, 1.807) is 20.8 Å². The molecule has 0 saturated heterocycles. The Labute approximate surface area is 156 Å². The molecule has 0 spiro atoms. The van der Waals surface area contributed by atoms with Crippen molar-refractivity contribution < 1.29 is 33.3 Å². The summed E-state index contributed by atoms with van der Waals surface area (Å²) in [7, 11) is 0. The fraction of sp³-hybridized carbons (Fsp3) is 0.737. The number of hydrogen-bond acceptors (Lipinski definition) is 7. The van der Waals surface area contributed by atoms with Gasteiger partial charge in [-0.05, 0) is 53.4 Å². The van der Waals surface area contributed by atoms with Crippen molar-refractivity contribution >= 4 is 18.1 Å². The second kappa shape index (κ2) is 11.5. The van der Waals surface area contributed by atoms with Gasteiger partial charge in [0, 0.05) is 12.5 Å². The Morgan fingerprint density at radius 3 is 1.88 bits per heavy atom. The molecule has 0 aliphatic heterocycles. The van der Waals surface area contributed by atoms with Crippen molar-refractivity contribution in [1.29, 1.82) is 0 Å². The quantitative estimate of drug-likeness (QED) is 0.222. The van der Waals surface area contributed by atoms with Crippen molar-refractivity contribution in [3.63, 3.8) is 0 Å². The summed E-state index contributed by atoms with van der Waals surface area (Å²) >= 11 is 0. The maximum atomic E-state index is 11.8. The molecule has 0 aliphatic carbocycles. The van der Waals surface area contributed by atoms with Gasteiger partial charge in [0.25, 0.3) is 0 Å². The first-order valence-electron chi connectivity index (χ1n) is 8.88. The van der Waals surface area contributed by atoms with Gasteiger partial charge in [0.2, 0.25) is 0 Å². The first kappa shape index (κ1) is 23.9. The van der Waals surface area contributed by atoms with Gasteiger partial charge in [-0.3, -0.25) is 4.79 Å². The maximum absolute atomic E-state index is 11.8. The first-order valence-corrected chi connectivity index (χ1v) is 8.88. The van der Waals surface area contributed by atoms with Crippen LogP contribution in [0, 0.1) is 0 Å². The summed E-state index contributed by atoms with van der Waals surface area (Å²) in [5.41, 5.74) is -1.32. The predicted octanol–water partition coefficient (Wildman–Crippen LogP) is 3.94. The van der Waals surface area contributed by atoms with Gasteiger partial charge in [0.05, 0.1) is 13.2 Å². The topological polar surface area (TPSA) is 88.1 Å². The monoisotopic (exact) mass is 372 g/mol. The van der Waals surface area contributed by atoms with Crippen molar-refractivity contribution in [3.8, 4) is 0 Å². The highest BCUT2D eigenvalue weighted by Crippen LogP contribution is 2.19. The van der Waals surface area contributed by atoms with E-state index in [0.29, 0.717) is 32.1 Å². The van der Waals surface area contributed by atoms with Crippen LogP contribution in [-0.2, 0) is 28.5 Å². The van der Waals surface area contributed by atoms with Gasteiger partial charge in [-0.2, -0.15) is 0 Å². The molecule has 7 nitrogen and oxygen atoms in total. The van der Waals surface area contributed by atoms with E-state index in [-0.39, 0.29) is 19.2 Å². The molecule has 0 aromatic carbocycles. The molecule has 0 aromatic heterocycles. The Bertz CT molecular complexity index is 480. The van der Waals surface area contributed by atoms with Gasteiger partial charge in [-0.25, -0.2) is 9.59 Å². The lowest BCUT2D eigenvalue weighted by Gasteiger charge is -2.26. The van der Waals surface area contributed by atoms with Crippen molar-refractivity contribution in [2.75, 3.05) is 13.2 Å². The summed E-state index contributed by atoms with van der Waals surface area (Å²) in [6.07, 6.45) is 2.88. The third-order valence-electron chi connectivity index (χ3n) is 3.52. The highest BCUT2D eigenvalue weighted by atomic mass is 16.7. The van der Waals surface area contributed by atoms with Crippen LogP contribution in [0.1, 0.15) is 66.7 Å². The third-order valence-corrected chi connectivity index (χ3v) is 3.52. The Hall–Kier alpha value is -2.05. The fourth-order valence-electron chi connectivity index (χ4n) is 2.12. The van der Waals surface area contributed by atoms with E-state index in [1.807, 2.05) is 13.8 Å². The van der Waals surface area contributed by atoms with Crippen LogP contribution in [0.2, 0.25) is 0 Å². The van der Waals surface area contributed by atoms with Gasteiger partial charge in [0.15, 0.2) is 0 Å². The molecule has 0 fully saturated rings. The van der Waals surface area contributed by atoms with Crippen LogP contribution in [0.15, 0.2) is 12.7 Å². The Balaban J connectivity index is 4.00. The van der Waals surface area contributed by atoms with E-state index in [0.717, 1.165) is 6.08 Å². The third kappa shape index (κ3) is 12.3. The normalized spacial score (nSPS) is 11.4. The summed E-state index contributed by atoms with van der Waals surface area (Å²) in [4.78, 5) is 34.0. The number of rotatable bonds is 12. The van der Waals surface area contributed by atoms with Crippen LogP contribution in [-0.4, -0.2) is 42.5 Å². The fourth-order valence-corrected chi connectivity index (χ4v) is 2.12. The molecule has 26 heavy (non-hydrogen) atoms. The smallest absolute Gasteiger partial charge is 0.463 e. The molecular formula is C19H32O7. The molecule has 0 unspecified atom stereocenters. The molecule has 0 aromatic rings. The molecule has 0 saturated carbocycles. The van der Waals surface area contributed by atoms with Gasteiger partial charge in [-0.1, -0.05) is 13.5 Å². The van der Waals surface area contributed by atoms with Gasteiger partial charge in [0.1, 0.15) is 11.2 Å². The second-order valence-corrected chi connectivity index (χ2v) is 7.13. The molecule has 0 bridgehead atoms. The molecule has 0 rings (SSSR count). The van der Waals surface area contributed by atoms with Crippen molar-refractivity contribution in [2.45, 2.75) is 77.9 Å². The lowest BCUT2D eigenvalue weighted by molar-refractivity contribution is -0.157. The minimum atomic E-state index is -0.749. The number of esters is 2. The molecule has 0 heterocycles. The predicted molar refractivity (Wildman–Crippen MR) is 96.6 cm³/mol. The minimum absolute atomic E-state index is 0.180. The van der Waals surface area contributed by atoms with Gasteiger partial charge < -0.3 is 18.9 Å². The summed E-state index contributed by atoms with van der Waals surface area (Å²) < 4.78 is 20.5. The molecule has 0 atom stereocenters. The second-order valence-electron chi connectivity index (χ2n) is 7.13. The van der Waals surface area contributed by atoms with E-state index in [2.05, 4.69) is 6.58 Å². The Morgan fingerprint density at radius 2 is 1.38 bits per heavy atom.